The van der Waals surface area contributed by atoms with Gasteiger partial charge in [0.15, 0.2) is 0 Å². The molecule has 0 amide bonds. The summed E-state index contributed by atoms with van der Waals surface area (Å²) in [6.45, 7) is 6.23. The highest BCUT2D eigenvalue weighted by molar-refractivity contribution is 4.81. The first-order valence-corrected chi connectivity index (χ1v) is 5.21. The van der Waals surface area contributed by atoms with Gasteiger partial charge >= 0.3 is 0 Å². The van der Waals surface area contributed by atoms with E-state index in [1.807, 2.05) is 0 Å². The highest BCUT2D eigenvalue weighted by Crippen LogP contribution is 2.15. The van der Waals surface area contributed by atoms with Gasteiger partial charge in [0.25, 0.3) is 0 Å². The van der Waals surface area contributed by atoms with E-state index in [4.69, 9.17) is 4.74 Å². The summed E-state index contributed by atoms with van der Waals surface area (Å²) in [5.74, 6) is 0. The van der Waals surface area contributed by atoms with Gasteiger partial charge in [-0.05, 0) is 19.8 Å². The van der Waals surface area contributed by atoms with E-state index < -0.39 is 0 Å². The summed E-state index contributed by atoms with van der Waals surface area (Å²) in [5.41, 5.74) is 0. The zero-order valence-electron chi connectivity index (χ0n) is 8.31. The first-order valence-electron chi connectivity index (χ1n) is 5.21. The number of hydrogen-bond donors (Lipinski definition) is 1. The molecule has 2 heteroatoms. The SMILES string of the molecule is CCCC[C@H]1C[C@H](OCC)CN1. The Morgan fingerprint density at radius 2 is 2.25 bits per heavy atom. The molecule has 0 aromatic heterocycles. The fourth-order valence-electron chi connectivity index (χ4n) is 1.82. The van der Waals surface area contributed by atoms with Crippen molar-refractivity contribution < 1.29 is 4.74 Å². The Morgan fingerprint density at radius 3 is 2.92 bits per heavy atom. The van der Waals surface area contributed by atoms with Crippen molar-refractivity contribution in [2.75, 3.05) is 13.2 Å². The van der Waals surface area contributed by atoms with Crippen molar-refractivity contribution in [3.05, 3.63) is 0 Å². The van der Waals surface area contributed by atoms with Crippen LogP contribution in [0.25, 0.3) is 0 Å². The van der Waals surface area contributed by atoms with Crippen LogP contribution >= 0.6 is 0 Å². The lowest BCUT2D eigenvalue weighted by Crippen LogP contribution is -2.21. The number of nitrogens with one attached hydrogen (secondary N) is 1. The standard InChI is InChI=1S/C10H21NO/c1-3-5-6-9-7-10(8-11-9)12-4-2/h9-11H,3-8H2,1-2H3/t9-,10-/m0/s1. The van der Waals surface area contributed by atoms with Crippen molar-refractivity contribution in [1.29, 1.82) is 0 Å². The summed E-state index contributed by atoms with van der Waals surface area (Å²) in [4.78, 5) is 0. The van der Waals surface area contributed by atoms with E-state index in [9.17, 15) is 0 Å². The van der Waals surface area contributed by atoms with Gasteiger partial charge < -0.3 is 10.1 Å². The van der Waals surface area contributed by atoms with Crippen LogP contribution in [-0.4, -0.2) is 25.3 Å². The van der Waals surface area contributed by atoms with E-state index in [-0.39, 0.29) is 0 Å². The van der Waals surface area contributed by atoms with Crippen LogP contribution in [0.15, 0.2) is 0 Å². The summed E-state index contributed by atoms with van der Waals surface area (Å²) in [6.07, 6.45) is 5.67. The average molecular weight is 171 g/mol. The first kappa shape index (κ1) is 10.0. The quantitative estimate of drug-likeness (QED) is 0.682. The highest BCUT2D eigenvalue weighted by atomic mass is 16.5. The summed E-state index contributed by atoms with van der Waals surface area (Å²) < 4.78 is 5.55. The van der Waals surface area contributed by atoms with E-state index in [1.54, 1.807) is 0 Å². The molecule has 0 spiro atoms. The predicted molar refractivity (Wildman–Crippen MR) is 51.3 cm³/mol. The molecule has 0 aliphatic carbocycles. The van der Waals surface area contributed by atoms with Gasteiger partial charge in [-0.2, -0.15) is 0 Å². The number of hydrogen-bond acceptors (Lipinski definition) is 2. The second kappa shape index (κ2) is 5.55. The van der Waals surface area contributed by atoms with Gasteiger partial charge in [0.2, 0.25) is 0 Å². The van der Waals surface area contributed by atoms with Crippen LogP contribution in [0.3, 0.4) is 0 Å². The number of ether oxygens (including phenoxy) is 1. The van der Waals surface area contributed by atoms with E-state index >= 15 is 0 Å². The Labute approximate surface area is 75.7 Å². The lowest BCUT2D eigenvalue weighted by Gasteiger charge is -2.09. The van der Waals surface area contributed by atoms with Gasteiger partial charge in [0.1, 0.15) is 0 Å². The Hall–Kier alpha value is -0.0800. The van der Waals surface area contributed by atoms with Crippen molar-refractivity contribution in [1.82, 2.24) is 5.32 Å². The fourth-order valence-corrected chi connectivity index (χ4v) is 1.82. The van der Waals surface area contributed by atoms with Gasteiger partial charge in [0, 0.05) is 19.2 Å². The molecular formula is C10H21NO. The normalized spacial score (nSPS) is 29.5. The monoisotopic (exact) mass is 171 g/mol. The summed E-state index contributed by atoms with van der Waals surface area (Å²) in [5, 5.41) is 3.50. The maximum Gasteiger partial charge on any atom is 0.0714 e. The van der Waals surface area contributed by atoms with E-state index in [1.165, 1.54) is 25.7 Å². The molecule has 72 valence electrons. The van der Waals surface area contributed by atoms with Crippen LogP contribution in [0.1, 0.15) is 39.5 Å². The Kier molecular flexibility index (Phi) is 4.62. The van der Waals surface area contributed by atoms with Crippen molar-refractivity contribution in [2.45, 2.75) is 51.7 Å². The number of rotatable bonds is 5. The van der Waals surface area contributed by atoms with Crippen LogP contribution in [0, 0.1) is 0 Å². The third-order valence-electron chi connectivity index (χ3n) is 2.49. The molecule has 1 saturated heterocycles. The van der Waals surface area contributed by atoms with Crippen molar-refractivity contribution in [3.8, 4) is 0 Å². The zero-order chi connectivity index (χ0) is 8.81. The van der Waals surface area contributed by atoms with Gasteiger partial charge in [-0.25, -0.2) is 0 Å². The van der Waals surface area contributed by atoms with Crippen LogP contribution in [-0.2, 0) is 4.74 Å². The molecule has 0 saturated carbocycles. The third kappa shape index (κ3) is 3.11. The van der Waals surface area contributed by atoms with Crippen LogP contribution in [0.4, 0.5) is 0 Å². The van der Waals surface area contributed by atoms with Crippen LogP contribution < -0.4 is 5.32 Å². The van der Waals surface area contributed by atoms with Crippen molar-refractivity contribution >= 4 is 0 Å². The molecule has 0 radical (unpaired) electrons. The molecule has 1 heterocycles. The largest absolute Gasteiger partial charge is 0.377 e. The average Bonchev–Trinajstić information content (AvgIpc) is 2.50. The molecule has 12 heavy (non-hydrogen) atoms. The predicted octanol–water partition coefficient (Wildman–Crippen LogP) is 1.94. The van der Waals surface area contributed by atoms with Crippen molar-refractivity contribution in [2.24, 2.45) is 0 Å². The Bertz CT molecular complexity index is 116. The summed E-state index contributed by atoms with van der Waals surface area (Å²) >= 11 is 0. The van der Waals surface area contributed by atoms with Gasteiger partial charge in [-0.1, -0.05) is 19.8 Å². The molecule has 1 aliphatic rings. The molecule has 2 atom stereocenters. The molecule has 1 rings (SSSR count). The van der Waals surface area contributed by atoms with Gasteiger partial charge in [-0.15, -0.1) is 0 Å². The van der Waals surface area contributed by atoms with E-state index in [0.29, 0.717) is 6.10 Å². The molecule has 1 N–H and O–H groups in total. The lowest BCUT2D eigenvalue weighted by atomic mass is 10.1. The Morgan fingerprint density at radius 1 is 1.42 bits per heavy atom. The molecule has 0 bridgehead atoms. The minimum absolute atomic E-state index is 0.483. The summed E-state index contributed by atoms with van der Waals surface area (Å²) in [6, 6.07) is 0.724. The molecule has 1 aliphatic heterocycles. The van der Waals surface area contributed by atoms with E-state index in [0.717, 1.165) is 19.2 Å². The third-order valence-corrected chi connectivity index (χ3v) is 2.49. The second-order valence-corrected chi connectivity index (χ2v) is 3.56. The van der Waals surface area contributed by atoms with E-state index in [2.05, 4.69) is 19.2 Å². The minimum atomic E-state index is 0.483. The molecule has 0 aromatic rings. The molecular weight excluding hydrogens is 150 g/mol. The second-order valence-electron chi connectivity index (χ2n) is 3.56. The first-order chi connectivity index (χ1) is 5.86. The Balaban J connectivity index is 2.08. The van der Waals surface area contributed by atoms with Crippen molar-refractivity contribution in [3.63, 3.8) is 0 Å². The van der Waals surface area contributed by atoms with Crippen LogP contribution in [0.5, 0.6) is 0 Å². The summed E-state index contributed by atoms with van der Waals surface area (Å²) in [7, 11) is 0. The fraction of sp³-hybridized carbons (Fsp3) is 1.00. The number of unbranched alkanes of at least 4 members (excludes halogenated alkanes) is 1. The topological polar surface area (TPSA) is 21.3 Å². The molecule has 1 fully saturated rings. The molecule has 2 nitrogen and oxygen atoms in total. The maximum absolute atomic E-state index is 5.55. The van der Waals surface area contributed by atoms with Crippen LogP contribution in [0.2, 0.25) is 0 Å². The molecule has 0 unspecified atom stereocenters. The molecule has 0 aromatic carbocycles. The zero-order valence-corrected chi connectivity index (χ0v) is 8.31. The maximum atomic E-state index is 5.55. The van der Waals surface area contributed by atoms with Gasteiger partial charge in [0.05, 0.1) is 6.10 Å². The smallest absolute Gasteiger partial charge is 0.0714 e. The highest BCUT2D eigenvalue weighted by Gasteiger charge is 2.23. The van der Waals surface area contributed by atoms with Gasteiger partial charge in [-0.3, -0.25) is 0 Å². The lowest BCUT2D eigenvalue weighted by molar-refractivity contribution is 0.0755. The minimum Gasteiger partial charge on any atom is -0.377 e.